The molecule has 0 bridgehead atoms. The Labute approximate surface area is 122 Å². The van der Waals surface area contributed by atoms with E-state index in [2.05, 4.69) is 25.2 Å². The number of nitro groups is 1. The van der Waals surface area contributed by atoms with Crippen LogP contribution < -0.4 is 5.32 Å². The highest BCUT2D eigenvalue weighted by Crippen LogP contribution is 2.26. The first kappa shape index (κ1) is 14.7. The third kappa shape index (κ3) is 3.23. The maximum atomic E-state index is 11.0. The minimum absolute atomic E-state index is 0.0562. The van der Waals surface area contributed by atoms with E-state index in [0.717, 1.165) is 12.1 Å². The molecule has 2 aromatic rings. The summed E-state index contributed by atoms with van der Waals surface area (Å²) < 4.78 is 0. The molecule has 0 saturated heterocycles. The van der Waals surface area contributed by atoms with Gasteiger partial charge in [0.2, 0.25) is 0 Å². The number of nitrogens with zero attached hydrogens (tertiary/aromatic N) is 1. The quantitative estimate of drug-likeness (QED) is 0.665. The highest BCUT2D eigenvalue weighted by atomic mass is 32.1. The first-order valence-corrected chi connectivity index (χ1v) is 7.33. The van der Waals surface area contributed by atoms with Crippen LogP contribution in [0.5, 0.6) is 0 Å². The second-order valence-corrected chi connectivity index (χ2v) is 6.21. The van der Waals surface area contributed by atoms with E-state index in [1.165, 1.54) is 15.3 Å². The van der Waals surface area contributed by atoms with Gasteiger partial charge in [-0.1, -0.05) is 18.2 Å². The van der Waals surface area contributed by atoms with Gasteiger partial charge in [-0.25, -0.2) is 0 Å². The molecule has 0 aliphatic heterocycles. The Morgan fingerprint density at radius 3 is 2.65 bits per heavy atom. The highest BCUT2D eigenvalue weighted by Gasteiger charge is 2.17. The van der Waals surface area contributed by atoms with Crippen molar-refractivity contribution in [2.75, 3.05) is 0 Å². The lowest BCUT2D eigenvalue weighted by Crippen LogP contribution is -2.18. The number of benzene rings is 1. The van der Waals surface area contributed by atoms with Gasteiger partial charge >= 0.3 is 0 Å². The molecule has 1 aromatic carbocycles. The zero-order valence-corrected chi connectivity index (χ0v) is 12.7. The van der Waals surface area contributed by atoms with Crippen molar-refractivity contribution in [2.24, 2.45) is 0 Å². The smallest absolute Gasteiger partial charge is 0.274 e. The Balaban J connectivity index is 2.09. The molecule has 0 aliphatic carbocycles. The van der Waals surface area contributed by atoms with Crippen molar-refractivity contribution in [1.29, 1.82) is 0 Å². The van der Waals surface area contributed by atoms with Gasteiger partial charge in [-0.15, -0.1) is 11.3 Å². The molecular weight excluding hydrogens is 272 g/mol. The van der Waals surface area contributed by atoms with Crippen molar-refractivity contribution in [2.45, 2.75) is 33.4 Å². The van der Waals surface area contributed by atoms with Crippen molar-refractivity contribution in [1.82, 2.24) is 5.32 Å². The molecule has 2 rings (SSSR count). The van der Waals surface area contributed by atoms with E-state index in [9.17, 15) is 10.1 Å². The number of nitro benzene ring substituents is 1. The molecule has 1 N–H and O–H groups in total. The van der Waals surface area contributed by atoms with E-state index in [1.807, 2.05) is 13.0 Å². The van der Waals surface area contributed by atoms with Crippen LogP contribution in [0.1, 0.15) is 33.8 Å². The Bertz CT molecular complexity index is 603. The largest absolute Gasteiger partial charge is 0.305 e. The molecule has 1 heterocycles. The van der Waals surface area contributed by atoms with Gasteiger partial charge in [0.15, 0.2) is 0 Å². The first-order chi connectivity index (χ1) is 9.49. The third-order valence-electron chi connectivity index (χ3n) is 3.40. The second-order valence-electron chi connectivity index (χ2n) is 4.87. The van der Waals surface area contributed by atoms with Gasteiger partial charge in [0.05, 0.1) is 4.92 Å². The maximum Gasteiger partial charge on any atom is 0.274 e. The Morgan fingerprint density at radius 1 is 1.35 bits per heavy atom. The molecule has 106 valence electrons. The Morgan fingerprint density at radius 2 is 2.05 bits per heavy atom. The van der Waals surface area contributed by atoms with E-state index in [4.69, 9.17) is 0 Å². The summed E-state index contributed by atoms with van der Waals surface area (Å²) in [6.07, 6.45) is 0. The lowest BCUT2D eigenvalue weighted by atomic mass is 10.1. The summed E-state index contributed by atoms with van der Waals surface area (Å²) in [7, 11) is 0. The number of nitrogens with one attached hydrogen (secondary N) is 1. The number of aryl methyl sites for hydroxylation is 2. The molecular formula is C15H18N2O2S. The van der Waals surface area contributed by atoms with Gasteiger partial charge in [-0.3, -0.25) is 10.1 Å². The minimum atomic E-state index is -0.326. The summed E-state index contributed by atoms with van der Waals surface area (Å²) in [6.45, 7) is 6.89. The normalized spacial score (nSPS) is 12.3. The topological polar surface area (TPSA) is 55.2 Å². The molecule has 0 amide bonds. The average Bonchev–Trinajstić information content (AvgIpc) is 2.75. The number of rotatable bonds is 5. The summed E-state index contributed by atoms with van der Waals surface area (Å²) in [6, 6.07) is 8.99. The molecule has 1 atom stereocenters. The molecule has 0 saturated carbocycles. The Kier molecular flexibility index (Phi) is 4.52. The van der Waals surface area contributed by atoms with Crippen LogP contribution in [0.4, 0.5) is 5.69 Å². The van der Waals surface area contributed by atoms with Crippen LogP contribution in [-0.4, -0.2) is 4.92 Å². The minimum Gasteiger partial charge on any atom is -0.305 e. The van der Waals surface area contributed by atoms with Crippen molar-refractivity contribution in [3.05, 3.63) is 61.3 Å². The van der Waals surface area contributed by atoms with Crippen molar-refractivity contribution < 1.29 is 4.92 Å². The van der Waals surface area contributed by atoms with Gasteiger partial charge < -0.3 is 5.32 Å². The summed E-state index contributed by atoms with van der Waals surface area (Å²) in [4.78, 5) is 13.3. The SMILES string of the molecule is Cc1cc(CNC(C)c2ccccc2[N+](=O)[O-])sc1C. The van der Waals surface area contributed by atoms with Crippen LogP contribution in [0.2, 0.25) is 0 Å². The van der Waals surface area contributed by atoms with Crippen LogP contribution in [-0.2, 0) is 6.54 Å². The standard InChI is InChI=1S/C15H18N2O2S/c1-10-8-13(20-12(10)3)9-16-11(2)14-6-4-5-7-15(14)17(18)19/h4-8,11,16H,9H2,1-3H3. The maximum absolute atomic E-state index is 11.0. The number of hydrogen-bond donors (Lipinski definition) is 1. The van der Waals surface area contributed by atoms with E-state index < -0.39 is 0 Å². The fourth-order valence-electron chi connectivity index (χ4n) is 2.12. The molecule has 0 radical (unpaired) electrons. The lowest BCUT2D eigenvalue weighted by molar-refractivity contribution is -0.385. The molecule has 0 fully saturated rings. The number of para-hydroxylation sites is 1. The van der Waals surface area contributed by atoms with Gasteiger partial charge in [0.1, 0.15) is 0 Å². The molecule has 5 heteroatoms. The fourth-order valence-corrected chi connectivity index (χ4v) is 3.12. The molecule has 0 spiro atoms. The van der Waals surface area contributed by atoms with Crippen LogP contribution in [0, 0.1) is 24.0 Å². The van der Waals surface area contributed by atoms with Crippen LogP contribution in [0.15, 0.2) is 30.3 Å². The van der Waals surface area contributed by atoms with Crippen LogP contribution >= 0.6 is 11.3 Å². The summed E-state index contributed by atoms with van der Waals surface area (Å²) in [5, 5.41) is 14.4. The van der Waals surface area contributed by atoms with Crippen molar-refractivity contribution in [3.8, 4) is 0 Å². The van der Waals surface area contributed by atoms with Crippen LogP contribution in [0.25, 0.3) is 0 Å². The monoisotopic (exact) mass is 290 g/mol. The summed E-state index contributed by atoms with van der Waals surface area (Å²) >= 11 is 1.77. The highest BCUT2D eigenvalue weighted by molar-refractivity contribution is 7.12. The molecule has 0 aliphatic rings. The summed E-state index contributed by atoms with van der Waals surface area (Å²) in [5.74, 6) is 0. The molecule has 1 unspecified atom stereocenters. The summed E-state index contributed by atoms with van der Waals surface area (Å²) in [5.41, 5.74) is 2.19. The van der Waals surface area contributed by atoms with Crippen molar-refractivity contribution >= 4 is 17.0 Å². The van der Waals surface area contributed by atoms with Crippen LogP contribution in [0.3, 0.4) is 0 Å². The number of hydrogen-bond acceptors (Lipinski definition) is 4. The fraction of sp³-hybridized carbons (Fsp3) is 0.333. The van der Waals surface area contributed by atoms with E-state index in [1.54, 1.807) is 29.5 Å². The van der Waals surface area contributed by atoms with E-state index in [-0.39, 0.29) is 16.7 Å². The predicted molar refractivity (Wildman–Crippen MR) is 82.1 cm³/mol. The van der Waals surface area contributed by atoms with Crippen molar-refractivity contribution in [3.63, 3.8) is 0 Å². The Hall–Kier alpha value is -1.72. The molecule has 20 heavy (non-hydrogen) atoms. The molecule has 4 nitrogen and oxygen atoms in total. The van der Waals surface area contributed by atoms with Gasteiger partial charge in [-0.2, -0.15) is 0 Å². The zero-order chi connectivity index (χ0) is 14.7. The van der Waals surface area contributed by atoms with Gasteiger partial charge in [-0.05, 0) is 32.4 Å². The predicted octanol–water partition coefficient (Wildman–Crippen LogP) is 4.12. The first-order valence-electron chi connectivity index (χ1n) is 6.51. The number of thiophene rings is 1. The zero-order valence-electron chi connectivity index (χ0n) is 11.8. The van der Waals surface area contributed by atoms with Gasteiger partial charge in [0.25, 0.3) is 5.69 Å². The average molecular weight is 290 g/mol. The third-order valence-corrected chi connectivity index (χ3v) is 4.55. The van der Waals surface area contributed by atoms with E-state index >= 15 is 0 Å². The second kappa shape index (κ2) is 6.15. The van der Waals surface area contributed by atoms with E-state index in [0.29, 0.717) is 0 Å². The molecule has 1 aromatic heterocycles. The lowest BCUT2D eigenvalue weighted by Gasteiger charge is -2.13. The van der Waals surface area contributed by atoms with Gasteiger partial charge in [0, 0.05) is 34.0 Å².